The molecule has 0 unspecified atom stereocenters. The third-order valence-corrected chi connectivity index (χ3v) is 2.63. The minimum Gasteiger partial charge on any atom is -0.469 e. The number of cyclic esters (lactones) is 1. The summed E-state index contributed by atoms with van der Waals surface area (Å²) in [6.07, 6.45) is -0.290. The molecule has 5 heteroatoms. The Bertz CT molecular complexity index is 418. The fourth-order valence-corrected chi connectivity index (χ4v) is 1.79. The average Bonchev–Trinajstić information content (AvgIpc) is 2.71. The minimum atomic E-state index is -0.426. The number of hydrogen-bond acceptors (Lipinski definition) is 4. The summed E-state index contributed by atoms with van der Waals surface area (Å²) in [5, 5.41) is 0. The first-order valence-electron chi connectivity index (χ1n) is 5.30. The Hall–Kier alpha value is -2.04. The highest BCUT2D eigenvalue weighted by molar-refractivity contribution is 5.91. The molecule has 1 aliphatic rings. The van der Waals surface area contributed by atoms with E-state index in [2.05, 4.69) is 4.74 Å². The summed E-state index contributed by atoms with van der Waals surface area (Å²) in [6.45, 7) is 0.211. The predicted octanol–water partition coefficient (Wildman–Crippen LogP) is 1.57. The lowest BCUT2D eigenvalue weighted by molar-refractivity contribution is -0.141. The second-order valence-corrected chi connectivity index (χ2v) is 3.72. The second kappa shape index (κ2) is 4.86. The first-order valence-corrected chi connectivity index (χ1v) is 5.30. The van der Waals surface area contributed by atoms with Crippen LogP contribution >= 0.6 is 0 Å². The topological polar surface area (TPSA) is 55.8 Å². The number of esters is 1. The molecule has 1 aromatic rings. The molecule has 0 N–H and O–H groups in total. The fourth-order valence-electron chi connectivity index (χ4n) is 1.79. The van der Waals surface area contributed by atoms with Crippen molar-refractivity contribution in [3.63, 3.8) is 0 Å². The van der Waals surface area contributed by atoms with E-state index >= 15 is 0 Å². The summed E-state index contributed by atoms with van der Waals surface area (Å²) in [5.74, 6) is -0.353. The average molecular weight is 235 g/mol. The number of amides is 1. The third kappa shape index (κ3) is 2.38. The van der Waals surface area contributed by atoms with Gasteiger partial charge in [0.05, 0.1) is 19.6 Å². The van der Waals surface area contributed by atoms with Gasteiger partial charge in [-0.15, -0.1) is 0 Å². The van der Waals surface area contributed by atoms with Crippen molar-refractivity contribution in [3.8, 4) is 0 Å². The highest BCUT2D eigenvalue weighted by Gasteiger charge is 2.35. The van der Waals surface area contributed by atoms with Crippen molar-refractivity contribution >= 4 is 17.7 Å². The van der Waals surface area contributed by atoms with Gasteiger partial charge in [-0.1, -0.05) is 18.2 Å². The molecule has 0 bridgehead atoms. The summed E-state index contributed by atoms with van der Waals surface area (Å²) in [5.41, 5.74) is 0.726. The number of ether oxygens (including phenoxy) is 2. The number of rotatable bonds is 3. The van der Waals surface area contributed by atoms with Crippen molar-refractivity contribution in [2.75, 3.05) is 18.6 Å². The first-order chi connectivity index (χ1) is 8.22. The van der Waals surface area contributed by atoms with Gasteiger partial charge in [-0.3, -0.25) is 9.69 Å². The van der Waals surface area contributed by atoms with E-state index in [0.29, 0.717) is 0 Å². The van der Waals surface area contributed by atoms with Crippen LogP contribution in [0.3, 0.4) is 0 Å². The number of carbonyl (C=O) groups is 2. The number of benzene rings is 1. The minimum absolute atomic E-state index is 0.136. The van der Waals surface area contributed by atoms with Gasteiger partial charge in [-0.05, 0) is 12.1 Å². The van der Waals surface area contributed by atoms with Crippen molar-refractivity contribution in [2.45, 2.75) is 12.5 Å². The van der Waals surface area contributed by atoms with Crippen LogP contribution in [0.25, 0.3) is 0 Å². The van der Waals surface area contributed by atoms with Crippen LogP contribution in [0, 0.1) is 0 Å². The van der Waals surface area contributed by atoms with Crippen LogP contribution in [0.1, 0.15) is 6.42 Å². The van der Waals surface area contributed by atoms with Crippen LogP contribution in [0.5, 0.6) is 0 Å². The standard InChI is InChI=1S/C12H13NO4/c1-16-11(14)7-10-8-17-12(15)13(10)9-5-3-2-4-6-9/h2-6,10H,7-8H2,1H3/t10-/m0/s1. The number of anilines is 1. The SMILES string of the molecule is COC(=O)C[C@H]1COC(=O)N1c1ccccc1. The van der Waals surface area contributed by atoms with Gasteiger partial charge in [0, 0.05) is 5.69 Å². The molecule has 1 atom stereocenters. The van der Waals surface area contributed by atoms with Gasteiger partial charge in [-0.25, -0.2) is 4.79 Å². The lowest BCUT2D eigenvalue weighted by Gasteiger charge is -2.20. The smallest absolute Gasteiger partial charge is 0.414 e. The van der Waals surface area contributed by atoms with Gasteiger partial charge in [0.1, 0.15) is 6.61 Å². The molecule has 5 nitrogen and oxygen atoms in total. The number of methoxy groups -OCH3 is 1. The molecule has 0 aromatic heterocycles. The molecule has 2 rings (SSSR count). The van der Waals surface area contributed by atoms with Gasteiger partial charge in [0.15, 0.2) is 0 Å². The van der Waals surface area contributed by atoms with Crippen LogP contribution in [-0.4, -0.2) is 31.8 Å². The largest absolute Gasteiger partial charge is 0.469 e. The third-order valence-electron chi connectivity index (χ3n) is 2.63. The van der Waals surface area contributed by atoms with E-state index in [-0.39, 0.29) is 25.0 Å². The van der Waals surface area contributed by atoms with Gasteiger partial charge < -0.3 is 9.47 Å². The summed E-state index contributed by atoms with van der Waals surface area (Å²) in [6, 6.07) is 8.83. The molecule has 1 fully saturated rings. The van der Waals surface area contributed by atoms with Crippen molar-refractivity contribution in [1.29, 1.82) is 0 Å². The zero-order chi connectivity index (χ0) is 12.3. The molecule has 0 spiro atoms. The monoisotopic (exact) mass is 235 g/mol. The maximum Gasteiger partial charge on any atom is 0.414 e. The highest BCUT2D eigenvalue weighted by atomic mass is 16.6. The Kier molecular flexibility index (Phi) is 3.27. The number of nitrogens with zero attached hydrogens (tertiary/aromatic N) is 1. The molecular weight excluding hydrogens is 222 g/mol. The molecule has 1 aromatic carbocycles. The molecule has 1 amide bonds. The van der Waals surface area contributed by atoms with Crippen LogP contribution in [0.15, 0.2) is 30.3 Å². The van der Waals surface area contributed by atoms with Crippen molar-refractivity contribution < 1.29 is 19.1 Å². The molecule has 0 saturated carbocycles. The van der Waals surface area contributed by atoms with E-state index in [1.807, 2.05) is 18.2 Å². The normalized spacial score (nSPS) is 19.0. The Labute approximate surface area is 98.9 Å². The van der Waals surface area contributed by atoms with Crippen molar-refractivity contribution in [1.82, 2.24) is 0 Å². The second-order valence-electron chi connectivity index (χ2n) is 3.72. The quantitative estimate of drug-likeness (QED) is 0.746. The van der Waals surface area contributed by atoms with Crippen LogP contribution < -0.4 is 4.90 Å². The zero-order valence-corrected chi connectivity index (χ0v) is 9.46. The molecule has 0 radical (unpaired) electrons. The Morgan fingerprint density at radius 3 is 2.82 bits per heavy atom. The van der Waals surface area contributed by atoms with Crippen LogP contribution in [0.4, 0.5) is 10.5 Å². The molecule has 90 valence electrons. The number of para-hydroxylation sites is 1. The van der Waals surface area contributed by atoms with Crippen molar-refractivity contribution in [3.05, 3.63) is 30.3 Å². The lowest BCUT2D eigenvalue weighted by atomic mass is 10.2. The van der Waals surface area contributed by atoms with Gasteiger partial charge in [-0.2, -0.15) is 0 Å². The van der Waals surface area contributed by atoms with E-state index < -0.39 is 6.09 Å². The lowest BCUT2D eigenvalue weighted by Crippen LogP contribution is -2.35. The maximum absolute atomic E-state index is 11.6. The number of hydrogen-bond donors (Lipinski definition) is 0. The summed E-state index contributed by atoms with van der Waals surface area (Å²) in [4.78, 5) is 24.3. The predicted molar refractivity (Wildman–Crippen MR) is 60.7 cm³/mol. The van der Waals surface area contributed by atoms with Crippen molar-refractivity contribution in [2.24, 2.45) is 0 Å². The molecule has 1 saturated heterocycles. The van der Waals surface area contributed by atoms with E-state index in [4.69, 9.17) is 4.74 Å². The van der Waals surface area contributed by atoms with Gasteiger partial charge >= 0.3 is 12.1 Å². The first kappa shape index (κ1) is 11.4. The Balaban J connectivity index is 2.17. The van der Waals surface area contributed by atoms with E-state index in [1.54, 1.807) is 12.1 Å². The summed E-state index contributed by atoms with van der Waals surface area (Å²) >= 11 is 0. The molecular formula is C12H13NO4. The van der Waals surface area contributed by atoms with E-state index in [9.17, 15) is 9.59 Å². The van der Waals surface area contributed by atoms with Gasteiger partial charge in [0.25, 0.3) is 0 Å². The zero-order valence-electron chi connectivity index (χ0n) is 9.46. The van der Waals surface area contributed by atoms with Gasteiger partial charge in [0.2, 0.25) is 0 Å². The molecule has 1 aliphatic heterocycles. The molecule has 17 heavy (non-hydrogen) atoms. The van der Waals surface area contributed by atoms with Crippen LogP contribution in [0.2, 0.25) is 0 Å². The summed E-state index contributed by atoms with van der Waals surface area (Å²) < 4.78 is 9.56. The van der Waals surface area contributed by atoms with E-state index in [0.717, 1.165) is 5.69 Å². The summed E-state index contributed by atoms with van der Waals surface area (Å²) in [7, 11) is 1.33. The maximum atomic E-state index is 11.6. The molecule has 1 heterocycles. The molecule has 0 aliphatic carbocycles. The van der Waals surface area contributed by atoms with E-state index in [1.165, 1.54) is 12.0 Å². The van der Waals surface area contributed by atoms with Crippen LogP contribution in [-0.2, 0) is 14.3 Å². The fraction of sp³-hybridized carbons (Fsp3) is 0.333. The Morgan fingerprint density at radius 1 is 1.47 bits per heavy atom. The highest BCUT2D eigenvalue weighted by Crippen LogP contribution is 2.24. The Morgan fingerprint density at radius 2 is 2.18 bits per heavy atom. The number of carbonyl (C=O) groups excluding carboxylic acids is 2.